The Hall–Kier alpha value is -1.25. The molecule has 2 saturated carbocycles. The van der Waals surface area contributed by atoms with Crippen molar-refractivity contribution in [3.8, 4) is 0 Å². The first kappa shape index (κ1) is 21.3. The van der Waals surface area contributed by atoms with Crippen molar-refractivity contribution in [2.75, 3.05) is 0 Å². The van der Waals surface area contributed by atoms with Gasteiger partial charge in [0.25, 0.3) is 0 Å². The minimum atomic E-state index is -4.21. The van der Waals surface area contributed by atoms with Gasteiger partial charge in [0.15, 0.2) is 0 Å². The van der Waals surface area contributed by atoms with Gasteiger partial charge in [-0.15, -0.1) is 11.3 Å². The van der Waals surface area contributed by atoms with Crippen LogP contribution >= 0.6 is 11.3 Å². The summed E-state index contributed by atoms with van der Waals surface area (Å²) < 4.78 is 39.3. The van der Waals surface area contributed by atoms with E-state index in [0.717, 1.165) is 41.7 Å². The van der Waals surface area contributed by atoms with Crippen LogP contribution in [0.2, 0.25) is 0 Å². The molecule has 8 heteroatoms. The van der Waals surface area contributed by atoms with Crippen molar-refractivity contribution in [1.82, 2.24) is 20.6 Å². The van der Waals surface area contributed by atoms with E-state index in [1.54, 1.807) is 12.4 Å². The molecule has 32 heavy (non-hydrogen) atoms. The van der Waals surface area contributed by atoms with Gasteiger partial charge in [-0.3, -0.25) is 5.32 Å². The molecule has 2 aromatic rings. The van der Waals surface area contributed by atoms with Crippen LogP contribution in [0.1, 0.15) is 87.6 Å². The van der Waals surface area contributed by atoms with Gasteiger partial charge in [-0.25, -0.2) is 9.97 Å². The number of aromatic nitrogens is 2. The molecule has 4 heterocycles. The second-order valence-electron chi connectivity index (χ2n) is 10.8. The lowest BCUT2D eigenvalue weighted by molar-refractivity contribution is -0.126. The maximum absolute atomic E-state index is 13.1. The molecule has 4 nitrogen and oxygen atoms in total. The molecule has 174 valence electrons. The van der Waals surface area contributed by atoms with E-state index in [4.69, 9.17) is 4.98 Å². The Labute approximate surface area is 190 Å². The Morgan fingerprint density at radius 2 is 1.66 bits per heavy atom. The highest BCUT2D eigenvalue weighted by atomic mass is 32.1. The summed E-state index contributed by atoms with van der Waals surface area (Å²) in [6.07, 6.45) is 10.7. The van der Waals surface area contributed by atoms with Crippen molar-refractivity contribution in [2.45, 2.75) is 112 Å². The standard InChI is InChI=1S/C24H31F3N4S/c25-24(26,27)14-16-13-17-19(28-15-29-20(17)32-16)23(12-11-22(31-23)8-3-4-9-22)18-5-10-21(30-18)6-1-2-7-21/h13,15,18,30-31H,1-12,14H2. The molecule has 2 aliphatic carbocycles. The van der Waals surface area contributed by atoms with Crippen molar-refractivity contribution in [2.24, 2.45) is 0 Å². The molecule has 4 fully saturated rings. The van der Waals surface area contributed by atoms with Crippen LogP contribution in [-0.4, -0.2) is 33.3 Å². The Balaban J connectivity index is 1.43. The summed E-state index contributed by atoms with van der Waals surface area (Å²) in [6.45, 7) is 0. The van der Waals surface area contributed by atoms with Gasteiger partial charge in [0.1, 0.15) is 11.2 Å². The fraction of sp³-hybridized carbons (Fsp3) is 0.750. The lowest BCUT2D eigenvalue weighted by Gasteiger charge is -2.40. The summed E-state index contributed by atoms with van der Waals surface area (Å²) in [5, 5.41) is 9.00. The lowest BCUT2D eigenvalue weighted by atomic mass is 9.82. The summed E-state index contributed by atoms with van der Waals surface area (Å²) in [7, 11) is 0. The summed E-state index contributed by atoms with van der Waals surface area (Å²) in [4.78, 5) is 10.2. The third-order valence-corrected chi connectivity index (χ3v) is 9.82. The zero-order valence-corrected chi connectivity index (χ0v) is 19.2. The van der Waals surface area contributed by atoms with Gasteiger partial charge in [0.2, 0.25) is 0 Å². The molecule has 2 spiro atoms. The van der Waals surface area contributed by atoms with Crippen LogP contribution in [0, 0.1) is 0 Å². The van der Waals surface area contributed by atoms with E-state index in [-0.39, 0.29) is 22.7 Å². The smallest absolute Gasteiger partial charge is 0.306 e. The van der Waals surface area contributed by atoms with Crippen LogP contribution < -0.4 is 10.6 Å². The van der Waals surface area contributed by atoms with Crippen molar-refractivity contribution < 1.29 is 13.2 Å². The summed E-state index contributed by atoms with van der Waals surface area (Å²) >= 11 is 1.16. The number of rotatable bonds is 3. The average molecular weight is 465 g/mol. The number of thiophene rings is 1. The normalized spacial score (nSPS) is 31.5. The molecule has 2 saturated heterocycles. The predicted molar refractivity (Wildman–Crippen MR) is 120 cm³/mol. The molecular weight excluding hydrogens is 433 g/mol. The van der Waals surface area contributed by atoms with Crippen LogP contribution in [0.3, 0.4) is 0 Å². The van der Waals surface area contributed by atoms with Crippen LogP contribution in [0.15, 0.2) is 12.4 Å². The number of halogens is 3. The second-order valence-corrected chi connectivity index (χ2v) is 11.9. The first-order chi connectivity index (χ1) is 15.3. The van der Waals surface area contributed by atoms with Gasteiger partial charge in [0.05, 0.1) is 17.7 Å². The molecule has 2 aromatic heterocycles. The molecular formula is C24H31F3N4S. The van der Waals surface area contributed by atoms with Gasteiger partial charge in [-0.1, -0.05) is 25.7 Å². The fourth-order valence-corrected chi connectivity index (χ4v) is 8.39. The van der Waals surface area contributed by atoms with E-state index in [1.165, 1.54) is 57.8 Å². The molecule has 0 bridgehead atoms. The van der Waals surface area contributed by atoms with Crippen LogP contribution in [0.5, 0.6) is 0 Å². The van der Waals surface area contributed by atoms with Crippen LogP contribution in [-0.2, 0) is 12.0 Å². The topological polar surface area (TPSA) is 49.8 Å². The lowest BCUT2D eigenvalue weighted by Crippen LogP contribution is -2.59. The van der Waals surface area contributed by atoms with Gasteiger partial charge in [0, 0.05) is 27.4 Å². The molecule has 0 amide bonds. The van der Waals surface area contributed by atoms with Gasteiger partial charge in [-0.05, 0) is 57.4 Å². The summed E-state index contributed by atoms with van der Waals surface area (Å²) in [5.74, 6) is 0. The maximum atomic E-state index is 13.1. The average Bonchev–Trinajstić information content (AvgIpc) is 3.55. The number of alkyl halides is 3. The van der Waals surface area contributed by atoms with Crippen LogP contribution in [0.25, 0.3) is 10.2 Å². The highest BCUT2D eigenvalue weighted by molar-refractivity contribution is 7.18. The third-order valence-electron chi connectivity index (χ3n) is 8.77. The molecule has 6 rings (SSSR count). The molecule has 2 unspecified atom stereocenters. The fourth-order valence-electron chi connectivity index (χ4n) is 7.36. The molecule has 2 atom stereocenters. The zero-order chi connectivity index (χ0) is 22.0. The predicted octanol–water partition coefficient (Wildman–Crippen LogP) is 5.75. The van der Waals surface area contributed by atoms with Crippen molar-refractivity contribution in [3.05, 3.63) is 23.0 Å². The van der Waals surface area contributed by atoms with E-state index >= 15 is 0 Å². The first-order valence-electron chi connectivity index (χ1n) is 12.2. The number of hydrogen-bond donors (Lipinski definition) is 2. The van der Waals surface area contributed by atoms with E-state index < -0.39 is 12.6 Å². The maximum Gasteiger partial charge on any atom is 0.393 e. The minimum Gasteiger partial charge on any atom is -0.306 e. The van der Waals surface area contributed by atoms with E-state index in [0.29, 0.717) is 9.71 Å². The largest absolute Gasteiger partial charge is 0.393 e. The minimum absolute atomic E-state index is 0.148. The highest BCUT2D eigenvalue weighted by Crippen LogP contribution is 2.52. The third kappa shape index (κ3) is 3.48. The molecule has 0 aromatic carbocycles. The molecule has 2 N–H and O–H groups in total. The first-order valence-corrected chi connectivity index (χ1v) is 13.0. The Kier molecular flexibility index (Phi) is 4.91. The summed E-state index contributed by atoms with van der Waals surface area (Å²) in [6, 6.07) is 1.97. The van der Waals surface area contributed by atoms with Gasteiger partial charge >= 0.3 is 6.18 Å². The molecule has 0 radical (unpaired) electrons. The van der Waals surface area contributed by atoms with Gasteiger partial charge in [-0.2, -0.15) is 13.2 Å². The second kappa shape index (κ2) is 7.37. The van der Waals surface area contributed by atoms with E-state index in [1.807, 2.05) is 0 Å². The monoisotopic (exact) mass is 464 g/mol. The van der Waals surface area contributed by atoms with Crippen molar-refractivity contribution in [1.29, 1.82) is 0 Å². The highest BCUT2D eigenvalue weighted by Gasteiger charge is 2.57. The summed E-state index contributed by atoms with van der Waals surface area (Å²) in [5.41, 5.74) is 0.972. The number of nitrogens with one attached hydrogen (secondary N) is 2. The van der Waals surface area contributed by atoms with E-state index in [9.17, 15) is 13.2 Å². The molecule has 2 aliphatic heterocycles. The molecule has 4 aliphatic rings. The number of hydrogen-bond acceptors (Lipinski definition) is 5. The van der Waals surface area contributed by atoms with Gasteiger partial charge < -0.3 is 5.32 Å². The number of fused-ring (bicyclic) bond motifs is 1. The Bertz CT molecular complexity index is 1010. The zero-order valence-electron chi connectivity index (χ0n) is 18.4. The quantitative estimate of drug-likeness (QED) is 0.607. The SMILES string of the molecule is FC(F)(F)Cc1cc2c(C3(C4CCC5(CCCC5)N4)CCC4(CCCC4)N3)ncnc2s1. The Morgan fingerprint density at radius 1 is 0.938 bits per heavy atom. The number of nitrogens with zero attached hydrogens (tertiary/aromatic N) is 2. The van der Waals surface area contributed by atoms with Crippen molar-refractivity contribution in [3.63, 3.8) is 0 Å². The Morgan fingerprint density at radius 3 is 2.38 bits per heavy atom. The van der Waals surface area contributed by atoms with Crippen LogP contribution in [0.4, 0.5) is 13.2 Å². The van der Waals surface area contributed by atoms with Crippen molar-refractivity contribution >= 4 is 21.6 Å². The van der Waals surface area contributed by atoms with E-state index in [2.05, 4.69) is 15.6 Å².